The lowest BCUT2D eigenvalue weighted by atomic mass is 9.78. The zero-order chi connectivity index (χ0) is 17.5. The van der Waals surface area contributed by atoms with Crippen molar-refractivity contribution in [3.05, 3.63) is 59.7 Å². The number of hydrogen-bond acceptors (Lipinski definition) is 4. The fourth-order valence-corrected chi connectivity index (χ4v) is 3.77. The van der Waals surface area contributed by atoms with Crippen molar-refractivity contribution in [3.63, 3.8) is 0 Å². The lowest BCUT2D eigenvalue weighted by Gasteiger charge is -2.26. The van der Waals surface area contributed by atoms with E-state index in [9.17, 15) is 16.8 Å². The fourth-order valence-electron chi connectivity index (χ4n) is 2.23. The van der Waals surface area contributed by atoms with Crippen LogP contribution >= 0.6 is 21.4 Å². The monoisotopic (exact) mass is 392 g/mol. The van der Waals surface area contributed by atoms with Gasteiger partial charge in [0.2, 0.25) is 0 Å². The van der Waals surface area contributed by atoms with E-state index in [2.05, 4.69) is 0 Å². The van der Waals surface area contributed by atoms with Crippen LogP contribution in [0.5, 0.6) is 0 Å². The molecule has 2 aromatic carbocycles. The topological polar surface area (TPSA) is 68.3 Å². The Bertz CT molecular complexity index is 837. The van der Waals surface area contributed by atoms with Crippen molar-refractivity contribution in [1.82, 2.24) is 0 Å². The third-order valence-corrected chi connectivity index (χ3v) is 6.45. The average Bonchev–Trinajstić information content (AvgIpc) is 2.46. The predicted molar refractivity (Wildman–Crippen MR) is 91.1 cm³/mol. The summed E-state index contributed by atoms with van der Waals surface area (Å²) in [5.41, 5.74) is 1.27. The minimum Gasteiger partial charge on any atom is -0.207 e. The first-order chi connectivity index (χ1) is 10.4. The lowest BCUT2D eigenvalue weighted by Crippen LogP contribution is -2.19. The number of rotatable bonds is 4. The SMILES string of the molecule is CC(C)(c1ccc(S(=O)(=O)Cl)cc1)c1ccc(S(=O)(=O)Cl)cc1. The van der Waals surface area contributed by atoms with E-state index in [1.165, 1.54) is 24.3 Å². The standard InChI is InChI=1S/C15H14Cl2O4S2/c1-15(2,11-3-7-13(8-4-11)22(16,18)19)12-5-9-14(10-6-12)23(17,20)21/h3-10H,1-2H3. The van der Waals surface area contributed by atoms with Gasteiger partial charge in [-0.2, -0.15) is 0 Å². The second-order valence-electron chi connectivity index (χ2n) is 5.55. The minimum absolute atomic E-state index is 0.0299. The van der Waals surface area contributed by atoms with Crippen LogP contribution in [0.4, 0.5) is 0 Å². The highest BCUT2D eigenvalue weighted by Gasteiger charge is 2.24. The zero-order valence-corrected chi connectivity index (χ0v) is 15.5. The van der Waals surface area contributed by atoms with Crippen LogP contribution in [0.15, 0.2) is 58.3 Å². The summed E-state index contributed by atoms with van der Waals surface area (Å²) in [4.78, 5) is 0.0598. The van der Waals surface area contributed by atoms with Crippen molar-refractivity contribution in [2.24, 2.45) is 0 Å². The normalized spacial score (nSPS) is 13.0. The first kappa shape index (κ1) is 18.3. The van der Waals surface area contributed by atoms with Crippen LogP contribution in [0.25, 0.3) is 0 Å². The maximum atomic E-state index is 11.3. The molecular formula is C15H14Cl2O4S2. The number of hydrogen-bond donors (Lipinski definition) is 0. The molecule has 0 saturated carbocycles. The molecule has 0 fully saturated rings. The second kappa shape index (κ2) is 6.09. The average molecular weight is 393 g/mol. The summed E-state index contributed by atoms with van der Waals surface area (Å²) in [6, 6.07) is 12.5. The molecule has 2 rings (SSSR count). The highest BCUT2D eigenvalue weighted by Crippen LogP contribution is 2.33. The Kier molecular flexibility index (Phi) is 4.84. The Labute approximate surface area is 144 Å². The Morgan fingerprint density at radius 1 is 0.652 bits per heavy atom. The molecule has 0 amide bonds. The van der Waals surface area contributed by atoms with Gasteiger partial charge in [-0.3, -0.25) is 0 Å². The molecule has 0 spiro atoms. The molecule has 0 unspecified atom stereocenters. The zero-order valence-electron chi connectivity index (χ0n) is 12.3. The molecule has 0 bridgehead atoms. The molecule has 2 aromatic rings. The van der Waals surface area contributed by atoms with Gasteiger partial charge in [0.15, 0.2) is 0 Å². The third-order valence-electron chi connectivity index (χ3n) is 3.72. The van der Waals surface area contributed by atoms with Gasteiger partial charge in [0, 0.05) is 26.8 Å². The van der Waals surface area contributed by atoms with Gasteiger partial charge in [0.25, 0.3) is 18.1 Å². The van der Waals surface area contributed by atoms with Gasteiger partial charge in [-0.05, 0) is 35.4 Å². The Morgan fingerprint density at radius 2 is 0.913 bits per heavy atom. The summed E-state index contributed by atoms with van der Waals surface area (Å²) in [5, 5.41) is 0. The van der Waals surface area contributed by atoms with Crippen LogP contribution in [-0.4, -0.2) is 16.8 Å². The van der Waals surface area contributed by atoms with E-state index in [1.54, 1.807) is 24.3 Å². The Balaban J connectivity index is 2.42. The van der Waals surface area contributed by atoms with E-state index < -0.39 is 23.5 Å². The van der Waals surface area contributed by atoms with Crippen molar-refractivity contribution in [3.8, 4) is 0 Å². The molecule has 0 radical (unpaired) electrons. The molecule has 4 nitrogen and oxygen atoms in total. The van der Waals surface area contributed by atoms with Crippen molar-refractivity contribution in [2.75, 3.05) is 0 Å². The maximum absolute atomic E-state index is 11.3. The fraction of sp³-hybridized carbons (Fsp3) is 0.200. The van der Waals surface area contributed by atoms with Crippen LogP contribution < -0.4 is 0 Å². The van der Waals surface area contributed by atoms with E-state index in [4.69, 9.17) is 21.4 Å². The van der Waals surface area contributed by atoms with Crippen molar-refractivity contribution < 1.29 is 16.8 Å². The maximum Gasteiger partial charge on any atom is 0.261 e. The van der Waals surface area contributed by atoms with Gasteiger partial charge in [0.1, 0.15) is 0 Å². The molecule has 23 heavy (non-hydrogen) atoms. The quantitative estimate of drug-likeness (QED) is 0.740. The van der Waals surface area contributed by atoms with Crippen LogP contribution in [0.2, 0.25) is 0 Å². The summed E-state index contributed by atoms with van der Waals surface area (Å²) >= 11 is 0. The van der Waals surface area contributed by atoms with E-state index in [1.807, 2.05) is 13.8 Å². The van der Waals surface area contributed by atoms with Crippen molar-refractivity contribution in [2.45, 2.75) is 29.1 Å². The molecule has 0 saturated heterocycles. The molecule has 0 aliphatic heterocycles. The van der Waals surface area contributed by atoms with E-state index in [0.717, 1.165) is 11.1 Å². The second-order valence-corrected chi connectivity index (χ2v) is 10.7. The summed E-state index contributed by atoms with van der Waals surface area (Å²) < 4.78 is 45.2. The van der Waals surface area contributed by atoms with E-state index >= 15 is 0 Å². The predicted octanol–water partition coefficient (Wildman–Crippen LogP) is 3.87. The van der Waals surface area contributed by atoms with Crippen LogP contribution in [0, 0.1) is 0 Å². The van der Waals surface area contributed by atoms with Crippen molar-refractivity contribution >= 4 is 39.5 Å². The molecular weight excluding hydrogens is 379 g/mol. The number of halogens is 2. The molecule has 124 valence electrons. The molecule has 0 N–H and O–H groups in total. The molecule has 0 aromatic heterocycles. The molecule has 0 atom stereocenters. The third kappa shape index (κ3) is 4.07. The van der Waals surface area contributed by atoms with E-state index in [0.29, 0.717) is 0 Å². The van der Waals surface area contributed by atoms with Gasteiger partial charge in [-0.1, -0.05) is 38.1 Å². The first-order valence-electron chi connectivity index (χ1n) is 6.53. The summed E-state index contributed by atoms with van der Waals surface area (Å²) in [6.45, 7) is 3.89. The van der Waals surface area contributed by atoms with Gasteiger partial charge >= 0.3 is 0 Å². The largest absolute Gasteiger partial charge is 0.261 e. The van der Waals surface area contributed by atoms with Crippen LogP contribution in [0.1, 0.15) is 25.0 Å². The van der Waals surface area contributed by atoms with E-state index in [-0.39, 0.29) is 9.79 Å². The first-order valence-corrected chi connectivity index (χ1v) is 11.1. The van der Waals surface area contributed by atoms with Crippen molar-refractivity contribution in [1.29, 1.82) is 0 Å². The van der Waals surface area contributed by atoms with Gasteiger partial charge in [0.05, 0.1) is 9.79 Å². The molecule has 0 aliphatic rings. The summed E-state index contributed by atoms with van der Waals surface area (Å²) in [6.07, 6.45) is 0. The van der Waals surface area contributed by atoms with Gasteiger partial charge < -0.3 is 0 Å². The highest BCUT2D eigenvalue weighted by atomic mass is 35.7. The molecule has 0 heterocycles. The summed E-state index contributed by atoms with van der Waals surface area (Å²) in [7, 11) is 3.09. The van der Waals surface area contributed by atoms with Gasteiger partial charge in [-0.15, -0.1) is 0 Å². The lowest BCUT2D eigenvalue weighted by molar-refractivity contribution is 0.608. The molecule has 0 aliphatic carbocycles. The van der Waals surface area contributed by atoms with Gasteiger partial charge in [-0.25, -0.2) is 16.8 Å². The minimum atomic E-state index is -3.76. The highest BCUT2D eigenvalue weighted by molar-refractivity contribution is 8.14. The molecule has 8 heteroatoms. The van der Waals surface area contributed by atoms with Crippen LogP contribution in [0.3, 0.4) is 0 Å². The Hall–Kier alpha value is -1.08. The Morgan fingerprint density at radius 3 is 1.13 bits per heavy atom. The summed E-state index contributed by atoms with van der Waals surface area (Å²) in [5.74, 6) is 0. The smallest absolute Gasteiger partial charge is 0.207 e. The number of benzene rings is 2. The van der Waals surface area contributed by atoms with Crippen LogP contribution in [-0.2, 0) is 23.5 Å².